The Morgan fingerprint density at radius 3 is 2.40 bits per heavy atom. The average Bonchev–Trinajstić information content (AvgIpc) is 2.30. The molecule has 0 aromatic heterocycles. The molecule has 0 aliphatic rings. The molecule has 9 heteroatoms. The van der Waals surface area contributed by atoms with Gasteiger partial charge in [0.2, 0.25) is 0 Å². The molecule has 0 aliphatic carbocycles. The van der Waals surface area contributed by atoms with Gasteiger partial charge in [-0.1, -0.05) is 40.9 Å². The number of benzene rings is 1. The Labute approximate surface area is 135 Å². The quantitative estimate of drug-likeness (QED) is 0.561. The molecular weight excluding hydrogens is 347 g/mol. The van der Waals surface area contributed by atoms with E-state index >= 15 is 0 Å². The predicted octanol–water partition coefficient (Wildman–Crippen LogP) is 2.88. The highest BCUT2D eigenvalue weighted by Crippen LogP contribution is 2.26. The number of hydrogen-bond donors (Lipinski definition) is 3. The molecule has 1 rings (SSSR count). The lowest BCUT2D eigenvalue weighted by Gasteiger charge is -2.15. The third-order valence-corrected chi connectivity index (χ3v) is 2.94. The second-order valence-electron chi connectivity index (χ2n) is 3.74. The van der Waals surface area contributed by atoms with Crippen LogP contribution >= 0.6 is 47.0 Å². The van der Waals surface area contributed by atoms with E-state index in [9.17, 15) is 9.59 Å². The smallest absolute Gasteiger partial charge is 0.335 e. The lowest BCUT2D eigenvalue weighted by atomic mass is 10.1. The average molecular weight is 356 g/mol. The van der Waals surface area contributed by atoms with Crippen LogP contribution in [0.25, 0.3) is 0 Å². The molecule has 108 valence electrons. The van der Waals surface area contributed by atoms with Crippen LogP contribution in [0.1, 0.15) is 15.9 Å². The standard InChI is InChI=1S/C11H9Cl3N2O3S/c1-5-2-3-6(8(17)18)4-7(5)15-10(20)16-9(19)11(12,13)14/h2-4H,1H3,(H,17,18)(H2,15,16,19,20). The first-order valence-corrected chi connectivity index (χ1v) is 6.68. The van der Waals surface area contributed by atoms with Crippen LogP contribution in [0.3, 0.4) is 0 Å². The third-order valence-electron chi connectivity index (χ3n) is 2.22. The Bertz CT molecular complexity index is 573. The minimum atomic E-state index is -2.14. The molecule has 0 saturated heterocycles. The van der Waals surface area contributed by atoms with Crippen molar-refractivity contribution in [3.05, 3.63) is 29.3 Å². The zero-order valence-corrected chi connectivity index (χ0v) is 13.1. The maximum absolute atomic E-state index is 11.4. The van der Waals surface area contributed by atoms with Crippen LogP contribution in [-0.2, 0) is 4.79 Å². The van der Waals surface area contributed by atoms with Gasteiger partial charge in [0.25, 0.3) is 9.70 Å². The molecule has 0 saturated carbocycles. The van der Waals surface area contributed by atoms with Gasteiger partial charge in [-0.25, -0.2) is 4.79 Å². The Balaban J connectivity index is 2.83. The lowest BCUT2D eigenvalue weighted by Crippen LogP contribution is -2.41. The van der Waals surface area contributed by atoms with Gasteiger partial charge in [0.15, 0.2) is 5.11 Å². The number of halogens is 3. The fourth-order valence-corrected chi connectivity index (χ4v) is 1.56. The number of thiocarbonyl (C=S) groups is 1. The van der Waals surface area contributed by atoms with Crippen molar-refractivity contribution in [2.75, 3.05) is 5.32 Å². The van der Waals surface area contributed by atoms with Gasteiger partial charge in [0, 0.05) is 5.69 Å². The minimum absolute atomic E-state index is 0.0774. The van der Waals surface area contributed by atoms with E-state index in [0.717, 1.165) is 5.56 Å². The van der Waals surface area contributed by atoms with Crippen molar-refractivity contribution in [2.45, 2.75) is 10.7 Å². The number of carboxylic acids is 1. The van der Waals surface area contributed by atoms with Gasteiger partial charge in [-0.2, -0.15) is 0 Å². The van der Waals surface area contributed by atoms with Crippen molar-refractivity contribution in [3.63, 3.8) is 0 Å². The van der Waals surface area contributed by atoms with Crippen LogP contribution in [0.4, 0.5) is 5.69 Å². The van der Waals surface area contributed by atoms with E-state index in [2.05, 4.69) is 10.6 Å². The molecular formula is C11H9Cl3N2O3S. The summed E-state index contributed by atoms with van der Waals surface area (Å²) >= 11 is 21.0. The molecule has 0 fully saturated rings. The molecule has 0 bridgehead atoms. The van der Waals surface area contributed by atoms with Crippen LogP contribution < -0.4 is 10.6 Å². The molecule has 0 unspecified atom stereocenters. The van der Waals surface area contributed by atoms with Crippen LogP contribution in [0.15, 0.2) is 18.2 Å². The number of amides is 1. The number of nitrogens with one attached hydrogen (secondary N) is 2. The summed E-state index contributed by atoms with van der Waals surface area (Å²) < 4.78 is -2.14. The van der Waals surface area contributed by atoms with Crippen LogP contribution in [0.5, 0.6) is 0 Å². The second kappa shape index (κ2) is 6.58. The van der Waals surface area contributed by atoms with E-state index in [0.29, 0.717) is 5.69 Å². The number of aryl methyl sites for hydroxylation is 1. The minimum Gasteiger partial charge on any atom is -0.478 e. The molecule has 0 radical (unpaired) electrons. The van der Waals surface area contributed by atoms with Gasteiger partial charge < -0.3 is 10.4 Å². The number of rotatable bonds is 2. The highest BCUT2D eigenvalue weighted by molar-refractivity contribution is 7.80. The van der Waals surface area contributed by atoms with Gasteiger partial charge in [-0.05, 0) is 36.8 Å². The van der Waals surface area contributed by atoms with Crippen molar-refractivity contribution in [2.24, 2.45) is 0 Å². The Morgan fingerprint density at radius 2 is 1.90 bits per heavy atom. The van der Waals surface area contributed by atoms with Crippen molar-refractivity contribution in [1.29, 1.82) is 0 Å². The molecule has 1 amide bonds. The zero-order valence-electron chi connectivity index (χ0n) is 10.0. The van der Waals surface area contributed by atoms with Gasteiger partial charge in [-0.3, -0.25) is 10.1 Å². The van der Waals surface area contributed by atoms with Crippen LogP contribution in [0, 0.1) is 6.92 Å². The van der Waals surface area contributed by atoms with Crippen molar-refractivity contribution < 1.29 is 14.7 Å². The first-order chi connectivity index (χ1) is 9.11. The van der Waals surface area contributed by atoms with E-state index in [1.807, 2.05) is 0 Å². The second-order valence-corrected chi connectivity index (χ2v) is 6.43. The third kappa shape index (κ3) is 4.79. The largest absolute Gasteiger partial charge is 0.478 e. The summed E-state index contributed by atoms with van der Waals surface area (Å²) in [5.74, 6) is -1.99. The fraction of sp³-hybridized carbons (Fsp3) is 0.182. The predicted molar refractivity (Wildman–Crippen MR) is 82.8 cm³/mol. The van der Waals surface area contributed by atoms with Crippen LogP contribution in [-0.4, -0.2) is 25.9 Å². The number of hydrogen-bond acceptors (Lipinski definition) is 3. The van der Waals surface area contributed by atoms with Gasteiger partial charge in [0.1, 0.15) is 0 Å². The molecule has 1 aromatic rings. The lowest BCUT2D eigenvalue weighted by molar-refractivity contribution is -0.118. The molecule has 20 heavy (non-hydrogen) atoms. The maximum Gasteiger partial charge on any atom is 0.335 e. The first kappa shape index (κ1) is 17.0. The number of carboxylic acid groups (broad SMARTS) is 1. The normalized spacial score (nSPS) is 10.8. The molecule has 0 heterocycles. The number of anilines is 1. The van der Waals surface area contributed by atoms with Crippen molar-refractivity contribution >= 4 is 69.7 Å². The van der Waals surface area contributed by atoms with E-state index in [4.69, 9.17) is 52.1 Å². The molecule has 3 N–H and O–H groups in total. The monoisotopic (exact) mass is 354 g/mol. The van der Waals surface area contributed by atoms with E-state index in [-0.39, 0.29) is 10.7 Å². The number of carbonyl (C=O) groups excluding carboxylic acids is 1. The number of alkyl halides is 3. The Morgan fingerprint density at radius 1 is 1.30 bits per heavy atom. The highest BCUT2D eigenvalue weighted by Gasteiger charge is 2.31. The summed E-state index contributed by atoms with van der Waals surface area (Å²) in [5.41, 5.74) is 1.24. The van der Waals surface area contributed by atoms with Crippen LogP contribution in [0.2, 0.25) is 0 Å². The zero-order chi connectivity index (χ0) is 15.5. The Kier molecular flexibility index (Phi) is 5.59. The summed E-state index contributed by atoms with van der Waals surface area (Å²) in [6.07, 6.45) is 0. The van der Waals surface area contributed by atoms with E-state index in [1.165, 1.54) is 12.1 Å². The molecule has 0 atom stereocenters. The van der Waals surface area contributed by atoms with Gasteiger partial charge >= 0.3 is 5.97 Å². The van der Waals surface area contributed by atoms with Gasteiger partial charge in [-0.15, -0.1) is 0 Å². The van der Waals surface area contributed by atoms with Crippen molar-refractivity contribution in [1.82, 2.24) is 5.32 Å². The fourth-order valence-electron chi connectivity index (χ4n) is 1.22. The summed E-state index contributed by atoms with van der Waals surface area (Å²) in [6.45, 7) is 1.74. The van der Waals surface area contributed by atoms with E-state index in [1.54, 1.807) is 13.0 Å². The summed E-state index contributed by atoms with van der Waals surface area (Å²) in [4.78, 5) is 22.3. The molecule has 0 aliphatic heterocycles. The Hall–Kier alpha value is -1.08. The number of aromatic carboxylic acids is 1. The number of carbonyl (C=O) groups is 2. The molecule has 0 spiro atoms. The van der Waals surface area contributed by atoms with E-state index < -0.39 is 15.7 Å². The SMILES string of the molecule is Cc1ccc(C(=O)O)cc1NC(=S)NC(=O)C(Cl)(Cl)Cl. The molecule has 5 nitrogen and oxygen atoms in total. The molecule has 1 aromatic carbocycles. The summed E-state index contributed by atoms with van der Waals surface area (Å²) in [5, 5.41) is 13.7. The van der Waals surface area contributed by atoms with Crippen molar-refractivity contribution in [3.8, 4) is 0 Å². The highest BCUT2D eigenvalue weighted by atomic mass is 35.6. The summed E-state index contributed by atoms with van der Waals surface area (Å²) in [7, 11) is 0. The first-order valence-electron chi connectivity index (χ1n) is 5.14. The topological polar surface area (TPSA) is 78.4 Å². The van der Waals surface area contributed by atoms with Gasteiger partial charge in [0.05, 0.1) is 5.56 Å². The maximum atomic E-state index is 11.4. The summed E-state index contributed by atoms with van der Waals surface area (Å²) in [6, 6.07) is 4.43.